The quantitative estimate of drug-likeness (QED) is 0.711. The standard InChI is InChI=1S/C14H18NO3P/c15-11-12-18-19(16,17,13-7-3-1-4-8-13)14-9-5-2-6-10-14/h1-10,16-17H,11-12,15H2. The van der Waals surface area contributed by atoms with Gasteiger partial charge in [0.15, 0.2) is 0 Å². The van der Waals surface area contributed by atoms with Gasteiger partial charge in [-0.15, -0.1) is 0 Å². The molecule has 0 aliphatic carbocycles. The maximum absolute atomic E-state index is 11.0. The molecular weight excluding hydrogens is 261 g/mol. The molecule has 4 N–H and O–H groups in total. The van der Waals surface area contributed by atoms with Gasteiger partial charge in [-0.05, 0) is 0 Å². The third-order valence-electron chi connectivity index (χ3n) is 2.90. The zero-order valence-corrected chi connectivity index (χ0v) is 11.4. The number of nitrogens with two attached hydrogens (primary N) is 1. The first kappa shape index (κ1) is 14.1. The van der Waals surface area contributed by atoms with E-state index in [1.807, 2.05) is 12.1 Å². The van der Waals surface area contributed by atoms with Crippen molar-refractivity contribution in [3.63, 3.8) is 0 Å². The van der Waals surface area contributed by atoms with Gasteiger partial charge in [0.1, 0.15) is 0 Å². The summed E-state index contributed by atoms with van der Waals surface area (Å²) in [6, 6.07) is 17.2. The van der Waals surface area contributed by atoms with Crippen LogP contribution in [0.3, 0.4) is 0 Å². The molecule has 0 saturated heterocycles. The summed E-state index contributed by atoms with van der Waals surface area (Å²) >= 11 is 0. The molecule has 2 aromatic carbocycles. The Bertz CT molecular complexity index is 487. The fourth-order valence-corrected chi connectivity index (χ4v) is 4.38. The fourth-order valence-electron chi connectivity index (χ4n) is 1.92. The van der Waals surface area contributed by atoms with E-state index in [4.69, 9.17) is 10.3 Å². The van der Waals surface area contributed by atoms with E-state index < -0.39 is 7.28 Å². The van der Waals surface area contributed by atoms with Crippen LogP contribution in [-0.4, -0.2) is 22.9 Å². The summed E-state index contributed by atoms with van der Waals surface area (Å²) in [6.45, 7) is 0.299. The summed E-state index contributed by atoms with van der Waals surface area (Å²) in [7, 11) is -4.59. The fraction of sp³-hybridized carbons (Fsp3) is 0.143. The molecule has 0 saturated carbocycles. The van der Waals surface area contributed by atoms with Crippen molar-refractivity contribution in [1.29, 1.82) is 0 Å². The van der Waals surface area contributed by atoms with Gasteiger partial charge in [-0.25, -0.2) is 0 Å². The first-order valence-electron chi connectivity index (χ1n) is 6.05. The number of hydrogen-bond donors (Lipinski definition) is 3. The molecule has 0 amide bonds. The topological polar surface area (TPSA) is 75.7 Å². The van der Waals surface area contributed by atoms with Crippen molar-refractivity contribution in [2.24, 2.45) is 5.73 Å². The Morgan fingerprint density at radius 1 is 0.842 bits per heavy atom. The minimum atomic E-state index is -4.59. The van der Waals surface area contributed by atoms with E-state index >= 15 is 0 Å². The Hall–Kier alpha value is -1.29. The van der Waals surface area contributed by atoms with Crippen LogP contribution < -0.4 is 16.3 Å². The normalized spacial score (nSPS) is 13.7. The van der Waals surface area contributed by atoms with Gasteiger partial charge in [-0.1, -0.05) is 0 Å². The van der Waals surface area contributed by atoms with Crippen LogP contribution in [0, 0.1) is 0 Å². The molecule has 0 unspecified atom stereocenters. The van der Waals surface area contributed by atoms with Crippen molar-refractivity contribution >= 4 is 17.9 Å². The summed E-state index contributed by atoms with van der Waals surface area (Å²) < 4.78 is 5.46. The van der Waals surface area contributed by atoms with E-state index in [1.165, 1.54) is 0 Å². The Balaban J connectivity index is 2.57. The van der Waals surface area contributed by atoms with Crippen LogP contribution in [0.25, 0.3) is 0 Å². The molecule has 2 aromatic rings. The van der Waals surface area contributed by atoms with Crippen LogP contribution in [-0.2, 0) is 4.52 Å². The van der Waals surface area contributed by atoms with E-state index in [9.17, 15) is 9.79 Å². The molecule has 0 aliphatic rings. The summed E-state index contributed by atoms with van der Waals surface area (Å²) in [4.78, 5) is 21.9. The van der Waals surface area contributed by atoms with E-state index in [-0.39, 0.29) is 13.2 Å². The number of rotatable bonds is 5. The summed E-state index contributed by atoms with van der Waals surface area (Å²) in [5.74, 6) is 0. The zero-order valence-electron chi connectivity index (χ0n) is 10.5. The van der Waals surface area contributed by atoms with Crippen LogP contribution in [0.15, 0.2) is 60.7 Å². The van der Waals surface area contributed by atoms with E-state index in [1.54, 1.807) is 48.5 Å². The third-order valence-corrected chi connectivity index (χ3v) is 6.03. The van der Waals surface area contributed by atoms with Gasteiger partial charge >= 0.3 is 112 Å². The Morgan fingerprint density at radius 3 is 1.63 bits per heavy atom. The van der Waals surface area contributed by atoms with Gasteiger partial charge in [0.05, 0.1) is 0 Å². The molecular formula is C14H18NO3P. The van der Waals surface area contributed by atoms with Crippen LogP contribution >= 0.6 is 7.28 Å². The Kier molecular flexibility index (Phi) is 3.99. The number of benzene rings is 2. The molecule has 4 nitrogen and oxygen atoms in total. The van der Waals surface area contributed by atoms with Crippen molar-refractivity contribution in [3.05, 3.63) is 60.7 Å². The summed E-state index contributed by atoms with van der Waals surface area (Å²) in [5.41, 5.74) is 5.42. The predicted octanol–water partition coefficient (Wildman–Crippen LogP) is 0.896. The van der Waals surface area contributed by atoms with Gasteiger partial charge < -0.3 is 0 Å². The van der Waals surface area contributed by atoms with Crippen LogP contribution in [0.1, 0.15) is 0 Å². The SMILES string of the molecule is NCCOP(O)(O)(c1ccccc1)c1ccccc1. The predicted molar refractivity (Wildman–Crippen MR) is 78.5 cm³/mol. The maximum atomic E-state index is 11.0. The van der Waals surface area contributed by atoms with Crippen molar-refractivity contribution in [1.82, 2.24) is 0 Å². The van der Waals surface area contributed by atoms with Crippen LogP contribution in [0.5, 0.6) is 0 Å². The second-order valence-electron chi connectivity index (χ2n) is 4.24. The monoisotopic (exact) mass is 279 g/mol. The first-order chi connectivity index (χ1) is 9.07. The average Bonchev–Trinajstić information content (AvgIpc) is 2.47. The zero-order chi connectivity index (χ0) is 13.8. The molecule has 19 heavy (non-hydrogen) atoms. The van der Waals surface area contributed by atoms with E-state index in [0.717, 1.165) is 0 Å². The van der Waals surface area contributed by atoms with Crippen molar-refractivity contribution in [3.8, 4) is 0 Å². The summed E-state index contributed by atoms with van der Waals surface area (Å²) in [5, 5.41) is 0.737. The molecule has 102 valence electrons. The van der Waals surface area contributed by atoms with Gasteiger partial charge in [0, 0.05) is 0 Å². The first-order valence-corrected chi connectivity index (χ1v) is 8.11. The minimum absolute atomic E-state index is 0.0780. The average molecular weight is 279 g/mol. The molecule has 0 bridgehead atoms. The molecule has 0 atom stereocenters. The molecule has 0 fully saturated rings. The van der Waals surface area contributed by atoms with Crippen molar-refractivity contribution < 1.29 is 14.3 Å². The molecule has 0 aromatic heterocycles. The van der Waals surface area contributed by atoms with Gasteiger partial charge in [0.2, 0.25) is 0 Å². The van der Waals surface area contributed by atoms with Gasteiger partial charge in [0.25, 0.3) is 0 Å². The van der Waals surface area contributed by atoms with Crippen LogP contribution in [0.4, 0.5) is 0 Å². The Labute approximate surface area is 112 Å². The molecule has 0 heterocycles. The summed E-state index contributed by atoms with van der Waals surface area (Å²) in [6.07, 6.45) is 0. The second kappa shape index (κ2) is 5.37. The van der Waals surface area contributed by atoms with Crippen molar-refractivity contribution in [2.45, 2.75) is 0 Å². The van der Waals surface area contributed by atoms with Gasteiger partial charge in [-0.3, -0.25) is 0 Å². The molecule has 0 aliphatic heterocycles. The molecule has 2 rings (SSSR count). The third kappa shape index (κ3) is 2.68. The van der Waals surface area contributed by atoms with Gasteiger partial charge in [-0.2, -0.15) is 0 Å². The van der Waals surface area contributed by atoms with E-state index in [2.05, 4.69) is 0 Å². The Morgan fingerprint density at radius 2 is 1.26 bits per heavy atom. The van der Waals surface area contributed by atoms with Crippen molar-refractivity contribution in [2.75, 3.05) is 13.2 Å². The number of hydrogen-bond acceptors (Lipinski definition) is 4. The molecule has 5 heteroatoms. The molecule has 0 spiro atoms. The van der Waals surface area contributed by atoms with E-state index in [0.29, 0.717) is 10.6 Å². The second-order valence-corrected chi connectivity index (χ2v) is 7.43. The molecule has 0 radical (unpaired) electrons. The van der Waals surface area contributed by atoms with Crippen LogP contribution in [0.2, 0.25) is 0 Å².